The van der Waals surface area contributed by atoms with E-state index in [0.717, 1.165) is 16.8 Å². The highest BCUT2D eigenvalue weighted by Crippen LogP contribution is 2.32. The van der Waals surface area contributed by atoms with Crippen LogP contribution in [-0.2, 0) is 5.41 Å². The number of aryl methyl sites for hydroxylation is 1. The Kier molecular flexibility index (Phi) is 5.18. The molecule has 3 nitrogen and oxygen atoms in total. The van der Waals surface area contributed by atoms with Gasteiger partial charge in [0, 0.05) is 12.8 Å². The van der Waals surface area contributed by atoms with E-state index in [0.29, 0.717) is 6.61 Å². The van der Waals surface area contributed by atoms with Crippen LogP contribution in [0.25, 0.3) is 0 Å². The Labute approximate surface area is 135 Å². The van der Waals surface area contributed by atoms with Crippen LogP contribution in [0.2, 0.25) is 0 Å². The van der Waals surface area contributed by atoms with Crippen molar-refractivity contribution in [2.45, 2.75) is 52.1 Å². The number of aliphatic hydroxyl groups excluding tert-OH is 1. The summed E-state index contributed by atoms with van der Waals surface area (Å²) in [7, 11) is 2.24. The SMILES string of the molecule is Cc1ccc(OC[C@@H](O)C[N+]2(C)CCCC2)c(C(C)(C)C)c1. The predicted octanol–water partition coefficient (Wildman–Crippen LogP) is 3.27. The van der Waals surface area contributed by atoms with Gasteiger partial charge in [-0.3, -0.25) is 0 Å². The third kappa shape index (κ3) is 4.47. The molecular formula is C19H32NO2+. The van der Waals surface area contributed by atoms with Gasteiger partial charge in [0.05, 0.1) is 20.1 Å². The lowest BCUT2D eigenvalue weighted by Gasteiger charge is -2.31. The minimum absolute atomic E-state index is 0.0415. The van der Waals surface area contributed by atoms with E-state index in [4.69, 9.17) is 4.74 Å². The quantitative estimate of drug-likeness (QED) is 0.846. The van der Waals surface area contributed by atoms with Crippen LogP contribution in [0.5, 0.6) is 5.75 Å². The highest BCUT2D eigenvalue weighted by molar-refractivity contribution is 5.41. The van der Waals surface area contributed by atoms with Crippen molar-refractivity contribution in [2.75, 3.05) is 33.3 Å². The van der Waals surface area contributed by atoms with Crippen molar-refractivity contribution in [1.29, 1.82) is 0 Å². The highest BCUT2D eigenvalue weighted by atomic mass is 16.5. The van der Waals surface area contributed by atoms with Gasteiger partial charge < -0.3 is 14.3 Å². The van der Waals surface area contributed by atoms with E-state index in [-0.39, 0.29) is 5.41 Å². The summed E-state index contributed by atoms with van der Waals surface area (Å²) in [6, 6.07) is 6.30. The number of nitrogens with zero attached hydrogens (tertiary/aromatic N) is 1. The van der Waals surface area contributed by atoms with Crippen molar-refractivity contribution in [3.05, 3.63) is 29.3 Å². The Balaban J connectivity index is 1.99. The summed E-state index contributed by atoms with van der Waals surface area (Å²) in [5, 5.41) is 10.3. The molecule has 0 bridgehead atoms. The van der Waals surface area contributed by atoms with Gasteiger partial charge in [0.2, 0.25) is 0 Å². The molecule has 2 rings (SSSR count). The van der Waals surface area contributed by atoms with E-state index >= 15 is 0 Å². The standard InChI is InChI=1S/C19H32NO2/c1-15-8-9-18(17(12-15)19(2,3)4)22-14-16(21)13-20(5)10-6-7-11-20/h8-9,12,16,21H,6-7,10-11,13-14H2,1-5H3/q+1/t16-/m0/s1. The monoisotopic (exact) mass is 306 g/mol. The topological polar surface area (TPSA) is 29.5 Å². The zero-order chi connectivity index (χ0) is 16.4. The zero-order valence-corrected chi connectivity index (χ0v) is 14.9. The molecule has 0 aliphatic carbocycles. The van der Waals surface area contributed by atoms with Gasteiger partial charge in [-0.2, -0.15) is 0 Å². The summed E-state index contributed by atoms with van der Waals surface area (Å²) >= 11 is 0. The molecule has 0 aromatic heterocycles. The van der Waals surface area contributed by atoms with Crippen LogP contribution in [0.4, 0.5) is 0 Å². The van der Waals surface area contributed by atoms with E-state index < -0.39 is 6.10 Å². The highest BCUT2D eigenvalue weighted by Gasteiger charge is 2.30. The summed E-state index contributed by atoms with van der Waals surface area (Å²) in [6.07, 6.45) is 2.14. The molecule has 0 radical (unpaired) electrons. The van der Waals surface area contributed by atoms with Crippen molar-refractivity contribution in [3.63, 3.8) is 0 Å². The lowest BCUT2D eigenvalue weighted by molar-refractivity contribution is -0.900. The second kappa shape index (κ2) is 6.59. The summed E-state index contributed by atoms with van der Waals surface area (Å²) in [4.78, 5) is 0. The molecule has 1 aromatic carbocycles. The maximum atomic E-state index is 10.3. The molecule has 1 saturated heterocycles. The van der Waals surface area contributed by atoms with Gasteiger partial charge in [-0.15, -0.1) is 0 Å². The Morgan fingerprint density at radius 2 is 1.86 bits per heavy atom. The molecule has 1 atom stereocenters. The van der Waals surface area contributed by atoms with Gasteiger partial charge in [-0.25, -0.2) is 0 Å². The van der Waals surface area contributed by atoms with Crippen LogP contribution in [0.3, 0.4) is 0 Å². The number of hydrogen-bond acceptors (Lipinski definition) is 2. The smallest absolute Gasteiger partial charge is 0.137 e. The molecule has 1 aliphatic heterocycles. The molecule has 1 aliphatic rings. The van der Waals surface area contributed by atoms with Crippen LogP contribution in [0.1, 0.15) is 44.7 Å². The van der Waals surface area contributed by atoms with Gasteiger partial charge in [0.1, 0.15) is 25.0 Å². The lowest BCUT2D eigenvalue weighted by atomic mass is 9.85. The molecule has 0 spiro atoms. The molecule has 1 fully saturated rings. The molecule has 22 heavy (non-hydrogen) atoms. The summed E-state index contributed by atoms with van der Waals surface area (Å²) in [6.45, 7) is 12.2. The van der Waals surface area contributed by atoms with E-state index in [2.05, 4.69) is 46.9 Å². The number of benzene rings is 1. The number of quaternary nitrogens is 1. The van der Waals surface area contributed by atoms with Gasteiger partial charge in [-0.1, -0.05) is 38.5 Å². The fourth-order valence-electron chi connectivity index (χ4n) is 3.38. The molecule has 0 unspecified atom stereocenters. The van der Waals surface area contributed by atoms with Crippen LogP contribution >= 0.6 is 0 Å². The second-order valence-electron chi connectivity index (χ2n) is 8.17. The predicted molar refractivity (Wildman–Crippen MR) is 91.4 cm³/mol. The normalized spacial score (nSPS) is 19.2. The van der Waals surface area contributed by atoms with Crippen molar-refractivity contribution >= 4 is 0 Å². The summed E-state index contributed by atoms with van der Waals surface area (Å²) < 4.78 is 6.95. The zero-order valence-electron chi connectivity index (χ0n) is 14.9. The van der Waals surface area contributed by atoms with Crippen LogP contribution in [0.15, 0.2) is 18.2 Å². The Morgan fingerprint density at radius 3 is 2.45 bits per heavy atom. The van der Waals surface area contributed by atoms with Crippen molar-refractivity contribution < 1.29 is 14.3 Å². The average molecular weight is 306 g/mol. The largest absolute Gasteiger partial charge is 0.490 e. The number of likely N-dealkylation sites (N-methyl/N-ethyl adjacent to an activating group) is 1. The summed E-state index contributed by atoms with van der Waals surface area (Å²) in [5.41, 5.74) is 2.49. The number of rotatable bonds is 5. The van der Waals surface area contributed by atoms with Gasteiger partial charge >= 0.3 is 0 Å². The van der Waals surface area contributed by atoms with E-state index in [9.17, 15) is 5.11 Å². The van der Waals surface area contributed by atoms with Crippen LogP contribution in [-0.4, -0.2) is 49.0 Å². The maximum absolute atomic E-state index is 10.3. The Bertz CT molecular complexity index is 499. The maximum Gasteiger partial charge on any atom is 0.137 e. The van der Waals surface area contributed by atoms with Crippen LogP contribution < -0.4 is 4.74 Å². The minimum atomic E-state index is -0.405. The fourth-order valence-corrected chi connectivity index (χ4v) is 3.38. The third-order valence-electron chi connectivity index (χ3n) is 4.67. The summed E-state index contributed by atoms with van der Waals surface area (Å²) in [5.74, 6) is 0.904. The number of hydrogen-bond donors (Lipinski definition) is 1. The first-order valence-corrected chi connectivity index (χ1v) is 8.45. The van der Waals surface area contributed by atoms with E-state index in [1.165, 1.54) is 37.1 Å². The molecule has 3 heteroatoms. The van der Waals surface area contributed by atoms with Crippen molar-refractivity contribution in [3.8, 4) is 5.75 Å². The van der Waals surface area contributed by atoms with E-state index in [1.807, 2.05) is 6.07 Å². The number of likely N-dealkylation sites (tertiary alicyclic amines) is 1. The molecule has 0 amide bonds. The van der Waals surface area contributed by atoms with Crippen molar-refractivity contribution in [1.82, 2.24) is 0 Å². The second-order valence-corrected chi connectivity index (χ2v) is 8.17. The van der Waals surface area contributed by atoms with E-state index in [1.54, 1.807) is 0 Å². The lowest BCUT2D eigenvalue weighted by Crippen LogP contribution is -2.47. The van der Waals surface area contributed by atoms with Gasteiger partial charge in [0.15, 0.2) is 0 Å². The molecule has 1 aromatic rings. The first-order valence-electron chi connectivity index (χ1n) is 8.45. The molecular weight excluding hydrogens is 274 g/mol. The number of ether oxygens (including phenoxy) is 1. The third-order valence-corrected chi connectivity index (χ3v) is 4.67. The van der Waals surface area contributed by atoms with Gasteiger partial charge in [0.25, 0.3) is 0 Å². The van der Waals surface area contributed by atoms with Crippen molar-refractivity contribution in [2.24, 2.45) is 0 Å². The molecule has 124 valence electrons. The average Bonchev–Trinajstić information content (AvgIpc) is 2.82. The first kappa shape index (κ1) is 17.3. The molecule has 1 N–H and O–H groups in total. The first-order chi connectivity index (χ1) is 10.2. The van der Waals surface area contributed by atoms with Crippen LogP contribution in [0, 0.1) is 6.92 Å². The molecule has 1 heterocycles. The fraction of sp³-hybridized carbons (Fsp3) is 0.684. The Morgan fingerprint density at radius 1 is 1.23 bits per heavy atom. The van der Waals surface area contributed by atoms with Gasteiger partial charge in [-0.05, 0) is 24.0 Å². The minimum Gasteiger partial charge on any atom is -0.490 e. The number of aliphatic hydroxyl groups is 1. The molecule has 0 saturated carbocycles. The Hall–Kier alpha value is -1.06.